The van der Waals surface area contributed by atoms with Crippen LogP contribution >= 0.6 is 22.9 Å². The number of aryl methyl sites for hydroxylation is 1. The van der Waals surface area contributed by atoms with Gasteiger partial charge in [-0.05, 0) is 60.9 Å². The Kier molecular flexibility index (Phi) is 3.13. The smallest absolute Gasteiger partial charge is 0.0931 e. The molecule has 4 unspecified atom stereocenters. The number of thiophene rings is 1. The van der Waals surface area contributed by atoms with Crippen molar-refractivity contribution in [3.05, 3.63) is 56.7 Å². The van der Waals surface area contributed by atoms with Crippen molar-refractivity contribution in [3.63, 3.8) is 0 Å². The summed E-state index contributed by atoms with van der Waals surface area (Å²) in [4.78, 5) is 1.38. The van der Waals surface area contributed by atoms with Crippen LogP contribution in [-0.2, 0) is 6.42 Å². The van der Waals surface area contributed by atoms with Crippen molar-refractivity contribution >= 4 is 22.9 Å². The van der Waals surface area contributed by atoms with Gasteiger partial charge in [0.05, 0.1) is 4.34 Å². The summed E-state index contributed by atoms with van der Waals surface area (Å²) in [5.74, 6) is 2.33. The van der Waals surface area contributed by atoms with Crippen molar-refractivity contribution < 1.29 is 0 Å². The van der Waals surface area contributed by atoms with Gasteiger partial charge in [0.25, 0.3) is 0 Å². The molecule has 4 atom stereocenters. The van der Waals surface area contributed by atoms with Crippen molar-refractivity contribution in [3.8, 4) is 0 Å². The third kappa shape index (κ3) is 1.93. The van der Waals surface area contributed by atoms with Crippen molar-refractivity contribution in [2.24, 2.45) is 11.8 Å². The molecular formula is C17H18ClNS. The Morgan fingerprint density at radius 3 is 2.85 bits per heavy atom. The molecular weight excluding hydrogens is 286 g/mol. The summed E-state index contributed by atoms with van der Waals surface area (Å²) in [6.07, 6.45) is 2.58. The van der Waals surface area contributed by atoms with Crippen LogP contribution in [0.1, 0.15) is 34.4 Å². The number of hydrogen-bond donors (Lipinski definition) is 1. The van der Waals surface area contributed by atoms with Crippen molar-refractivity contribution in [2.45, 2.75) is 24.8 Å². The fourth-order valence-corrected chi connectivity index (χ4v) is 5.32. The van der Waals surface area contributed by atoms with Crippen LogP contribution in [0, 0.1) is 11.8 Å². The van der Waals surface area contributed by atoms with E-state index in [0.717, 1.165) is 22.1 Å². The average Bonchev–Trinajstić information content (AvgIpc) is 3.05. The Labute approximate surface area is 129 Å². The topological polar surface area (TPSA) is 12.0 Å². The molecule has 0 spiro atoms. The van der Waals surface area contributed by atoms with E-state index in [1.807, 2.05) is 6.07 Å². The van der Waals surface area contributed by atoms with E-state index in [1.165, 1.54) is 17.7 Å². The second kappa shape index (κ2) is 4.87. The van der Waals surface area contributed by atoms with E-state index in [9.17, 15) is 0 Å². The van der Waals surface area contributed by atoms with Crippen LogP contribution in [-0.4, -0.2) is 7.05 Å². The summed E-state index contributed by atoms with van der Waals surface area (Å²) < 4.78 is 0.893. The van der Waals surface area contributed by atoms with Gasteiger partial charge in [0, 0.05) is 10.9 Å². The van der Waals surface area contributed by atoms with Gasteiger partial charge in [-0.2, -0.15) is 0 Å². The zero-order valence-electron chi connectivity index (χ0n) is 11.5. The molecule has 1 heterocycles. The van der Waals surface area contributed by atoms with E-state index in [-0.39, 0.29) is 0 Å². The Bertz CT molecular complexity index is 635. The molecule has 2 aromatic rings. The zero-order valence-corrected chi connectivity index (χ0v) is 13.0. The fraction of sp³-hybridized carbons (Fsp3) is 0.412. The quantitative estimate of drug-likeness (QED) is 0.871. The monoisotopic (exact) mass is 303 g/mol. The van der Waals surface area contributed by atoms with Gasteiger partial charge in [0.2, 0.25) is 0 Å². The van der Waals surface area contributed by atoms with E-state index in [2.05, 4.69) is 42.7 Å². The highest BCUT2D eigenvalue weighted by molar-refractivity contribution is 7.16. The minimum atomic E-state index is 0.452. The molecule has 1 N–H and O–H groups in total. The van der Waals surface area contributed by atoms with Crippen molar-refractivity contribution in [2.75, 3.05) is 7.05 Å². The summed E-state index contributed by atoms with van der Waals surface area (Å²) >= 11 is 7.83. The van der Waals surface area contributed by atoms with Crippen LogP contribution in [0.3, 0.4) is 0 Å². The second-order valence-corrected chi connectivity index (χ2v) is 7.66. The SMILES string of the molecule is CNC(c1ccc(Cl)s1)C1C2CCc3ccccc3C21. The van der Waals surface area contributed by atoms with Gasteiger partial charge in [-0.1, -0.05) is 35.9 Å². The van der Waals surface area contributed by atoms with Gasteiger partial charge in [-0.3, -0.25) is 0 Å². The standard InChI is InChI=1S/C17H18ClNS/c1-19-17(13-8-9-14(18)20-13)16-12-7-6-10-4-2-3-5-11(10)15(12)16/h2-5,8-9,12,15-17,19H,6-7H2,1H3. The van der Waals surface area contributed by atoms with Gasteiger partial charge in [0.15, 0.2) is 0 Å². The number of halogens is 1. The summed E-state index contributed by atoms with van der Waals surface area (Å²) in [6, 6.07) is 13.7. The molecule has 0 saturated heterocycles. The highest BCUT2D eigenvalue weighted by Crippen LogP contribution is 2.64. The molecule has 1 aromatic heterocycles. The Morgan fingerprint density at radius 2 is 2.10 bits per heavy atom. The van der Waals surface area contributed by atoms with Crippen LogP contribution in [0.2, 0.25) is 4.34 Å². The summed E-state index contributed by atoms with van der Waals surface area (Å²) in [5.41, 5.74) is 3.16. The summed E-state index contributed by atoms with van der Waals surface area (Å²) in [7, 11) is 2.08. The maximum absolute atomic E-state index is 6.11. The predicted molar refractivity (Wildman–Crippen MR) is 85.6 cm³/mol. The van der Waals surface area contributed by atoms with Gasteiger partial charge in [-0.15, -0.1) is 11.3 Å². The van der Waals surface area contributed by atoms with E-state index < -0.39 is 0 Å². The van der Waals surface area contributed by atoms with E-state index >= 15 is 0 Å². The first-order valence-electron chi connectivity index (χ1n) is 7.30. The zero-order chi connectivity index (χ0) is 13.7. The highest BCUT2D eigenvalue weighted by atomic mass is 35.5. The lowest BCUT2D eigenvalue weighted by atomic mass is 9.92. The molecule has 0 aliphatic heterocycles. The molecule has 0 radical (unpaired) electrons. The van der Waals surface area contributed by atoms with Crippen LogP contribution in [0.25, 0.3) is 0 Å². The largest absolute Gasteiger partial charge is 0.312 e. The Balaban J connectivity index is 1.65. The lowest BCUT2D eigenvalue weighted by molar-refractivity contribution is 0.491. The molecule has 1 fully saturated rings. The Morgan fingerprint density at radius 1 is 1.25 bits per heavy atom. The van der Waals surface area contributed by atoms with Crippen LogP contribution in [0.4, 0.5) is 0 Å². The summed E-state index contributed by atoms with van der Waals surface area (Å²) in [6.45, 7) is 0. The summed E-state index contributed by atoms with van der Waals surface area (Å²) in [5, 5.41) is 3.53. The molecule has 104 valence electrons. The normalized spacial score (nSPS) is 28.6. The molecule has 2 aliphatic carbocycles. The van der Waals surface area contributed by atoms with E-state index in [0.29, 0.717) is 6.04 Å². The molecule has 3 heteroatoms. The maximum Gasteiger partial charge on any atom is 0.0931 e. The first-order chi connectivity index (χ1) is 9.79. The molecule has 1 nitrogen and oxygen atoms in total. The minimum Gasteiger partial charge on any atom is -0.312 e. The van der Waals surface area contributed by atoms with Gasteiger partial charge >= 0.3 is 0 Å². The third-order valence-electron chi connectivity index (χ3n) is 4.99. The second-order valence-electron chi connectivity index (χ2n) is 5.91. The third-order valence-corrected chi connectivity index (χ3v) is 6.30. The maximum atomic E-state index is 6.11. The number of benzene rings is 1. The highest BCUT2D eigenvalue weighted by Gasteiger charge is 2.56. The molecule has 0 amide bonds. The van der Waals surface area contributed by atoms with Crippen LogP contribution < -0.4 is 5.32 Å². The number of hydrogen-bond acceptors (Lipinski definition) is 2. The predicted octanol–water partition coefficient (Wildman–Crippen LogP) is 4.64. The van der Waals surface area contributed by atoms with Gasteiger partial charge < -0.3 is 5.32 Å². The molecule has 1 saturated carbocycles. The average molecular weight is 304 g/mol. The van der Waals surface area contributed by atoms with Crippen molar-refractivity contribution in [1.29, 1.82) is 0 Å². The molecule has 0 bridgehead atoms. The van der Waals surface area contributed by atoms with E-state index in [1.54, 1.807) is 22.5 Å². The molecule has 20 heavy (non-hydrogen) atoms. The number of fused-ring (bicyclic) bond motifs is 3. The van der Waals surface area contributed by atoms with Crippen LogP contribution in [0.5, 0.6) is 0 Å². The minimum absolute atomic E-state index is 0.452. The first-order valence-corrected chi connectivity index (χ1v) is 8.49. The molecule has 4 rings (SSSR count). The molecule has 1 aromatic carbocycles. The van der Waals surface area contributed by atoms with E-state index in [4.69, 9.17) is 11.6 Å². The van der Waals surface area contributed by atoms with Gasteiger partial charge in [0.1, 0.15) is 0 Å². The number of rotatable bonds is 3. The Hall–Kier alpha value is -0.830. The van der Waals surface area contributed by atoms with Gasteiger partial charge in [-0.25, -0.2) is 0 Å². The number of nitrogens with one attached hydrogen (secondary N) is 1. The lowest BCUT2D eigenvalue weighted by Gasteiger charge is -2.15. The van der Waals surface area contributed by atoms with Crippen molar-refractivity contribution in [1.82, 2.24) is 5.32 Å². The van der Waals surface area contributed by atoms with Crippen LogP contribution in [0.15, 0.2) is 36.4 Å². The first kappa shape index (κ1) is 12.9. The lowest BCUT2D eigenvalue weighted by Crippen LogP contribution is -2.18. The molecule has 2 aliphatic rings. The fourth-order valence-electron chi connectivity index (χ4n) is 4.09.